The van der Waals surface area contributed by atoms with Crippen LogP contribution in [0.5, 0.6) is 11.5 Å². The Morgan fingerprint density at radius 3 is 2.49 bits per heavy atom. The second-order valence-electron chi connectivity index (χ2n) is 9.83. The van der Waals surface area contributed by atoms with E-state index in [4.69, 9.17) is 9.47 Å². The van der Waals surface area contributed by atoms with Crippen molar-refractivity contribution in [2.75, 3.05) is 32.9 Å². The van der Waals surface area contributed by atoms with Crippen molar-refractivity contribution < 1.29 is 22.6 Å². The fourth-order valence-electron chi connectivity index (χ4n) is 5.15. The van der Waals surface area contributed by atoms with Crippen LogP contribution in [0.15, 0.2) is 72.8 Å². The minimum absolute atomic E-state index is 0.157. The standard InChI is InChI=1S/C31H27F3NO2/c1-19-26-15-23(21-5-6-21)9-12-28(26)37-31(29(19)25-3-2-4-27(33)30(25)34)22-7-10-24(11-8-22)36-14-13-35-17-20(16-32)18-35/h2-12,15,20,31H,13-14,16-18H2,1H3. The van der Waals surface area contributed by atoms with Crippen LogP contribution in [-0.2, 0) is 0 Å². The molecule has 3 aliphatic rings. The molecule has 0 saturated carbocycles. The van der Waals surface area contributed by atoms with Gasteiger partial charge >= 0.3 is 0 Å². The van der Waals surface area contributed by atoms with Crippen molar-refractivity contribution in [1.29, 1.82) is 0 Å². The second-order valence-corrected chi connectivity index (χ2v) is 9.83. The zero-order valence-corrected chi connectivity index (χ0v) is 20.5. The smallest absolute Gasteiger partial charge is 0.166 e. The van der Waals surface area contributed by atoms with Crippen molar-refractivity contribution in [1.82, 2.24) is 4.90 Å². The van der Waals surface area contributed by atoms with Crippen molar-refractivity contribution in [3.63, 3.8) is 0 Å². The average molecular weight is 503 g/mol. The van der Waals surface area contributed by atoms with E-state index in [-0.39, 0.29) is 18.2 Å². The quantitative estimate of drug-likeness (QED) is 0.338. The van der Waals surface area contributed by atoms with E-state index < -0.39 is 17.7 Å². The summed E-state index contributed by atoms with van der Waals surface area (Å²) in [5.74, 6) is 0.948. The normalized spacial score (nSPS) is 19.4. The molecule has 2 heterocycles. The van der Waals surface area contributed by atoms with Gasteiger partial charge in [0.1, 0.15) is 24.2 Å². The lowest BCUT2D eigenvalue weighted by Gasteiger charge is -2.37. The van der Waals surface area contributed by atoms with Crippen LogP contribution in [0.4, 0.5) is 13.2 Å². The number of likely N-dealkylation sites (tertiary alicyclic amines) is 1. The first-order valence-corrected chi connectivity index (χ1v) is 12.5. The van der Waals surface area contributed by atoms with Crippen molar-refractivity contribution in [3.05, 3.63) is 113 Å². The maximum absolute atomic E-state index is 15.1. The molecule has 37 heavy (non-hydrogen) atoms. The second kappa shape index (κ2) is 9.75. The first-order valence-electron chi connectivity index (χ1n) is 12.5. The molecule has 6 rings (SSSR count). The Kier molecular flexibility index (Phi) is 6.29. The number of rotatable bonds is 8. The first-order chi connectivity index (χ1) is 18.0. The van der Waals surface area contributed by atoms with Crippen LogP contribution >= 0.6 is 0 Å². The van der Waals surface area contributed by atoms with Crippen molar-refractivity contribution in [3.8, 4) is 11.5 Å². The molecule has 3 aromatic carbocycles. The maximum Gasteiger partial charge on any atom is 0.166 e. The number of alkyl halides is 1. The number of hydrogen-bond acceptors (Lipinski definition) is 3. The van der Waals surface area contributed by atoms with Gasteiger partial charge < -0.3 is 9.47 Å². The summed E-state index contributed by atoms with van der Waals surface area (Å²) in [6, 6.07) is 17.8. The Morgan fingerprint density at radius 2 is 1.76 bits per heavy atom. The average Bonchev–Trinajstić information content (AvgIpc) is 3.73. The molecular weight excluding hydrogens is 475 g/mol. The van der Waals surface area contributed by atoms with Crippen LogP contribution in [0, 0.1) is 23.5 Å². The van der Waals surface area contributed by atoms with Crippen molar-refractivity contribution in [2.24, 2.45) is 5.92 Å². The molecule has 0 spiro atoms. The number of halogens is 3. The number of fused-ring (bicyclic) bond motifs is 1. The molecule has 0 aromatic heterocycles. The van der Waals surface area contributed by atoms with E-state index in [0.29, 0.717) is 23.7 Å². The van der Waals surface area contributed by atoms with Gasteiger partial charge in [-0.3, -0.25) is 9.29 Å². The Balaban J connectivity index is 1.28. The summed E-state index contributed by atoms with van der Waals surface area (Å²) in [6.07, 6.45) is 3.46. The fraction of sp³-hybridized carbons (Fsp3) is 0.258. The van der Waals surface area contributed by atoms with E-state index in [1.807, 2.05) is 61.5 Å². The highest BCUT2D eigenvalue weighted by Gasteiger charge is 2.32. The summed E-state index contributed by atoms with van der Waals surface area (Å²) < 4.78 is 54.3. The molecule has 1 unspecified atom stereocenters. The molecule has 1 fully saturated rings. The monoisotopic (exact) mass is 502 g/mol. The topological polar surface area (TPSA) is 21.7 Å². The minimum Gasteiger partial charge on any atom is -0.492 e. The predicted molar refractivity (Wildman–Crippen MR) is 138 cm³/mol. The van der Waals surface area contributed by atoms with Gasteiger partial charge in [0.05, 0.1) is 6.67 Å². The molecule has 1 atom stereocenters. The van der Waals surface area contributed by atoms with Crippen molar-refractivity contribution in [2.45, 2.75) is 13.0 Å². The molecule has 1 aliphatic carbocycles. The van der Waals surface area contributed by atoms with Crippen molar-refractivity contribution >= 4 is 11.1 Å². The van der Waals surface area contributed by atoms with Gasteiger partial charge in [-0.25, -0.2) is 8.78 Å². The molecule has 6 heteroatoms. The van der Waals surface area contributed by atoms with Gasteiger partial charge in [-0.15, -0.1) is 0 Å². The summed E-state index contributed by atoms with van der Waals surface area (Å²) in [6.45, 7) is 4.50. The van der Waals surface area contributed by atoms with Crippen LogP contribution in [0.1, 0.15) is 35.3 Å². The molecule has 0 bridgehead atoms. The van der Waals surface area contributed by atoms with Gasteiger partial charge in [0.15, 0.2) is 11.6 Å². The third kappa shape index (κ3) is 4.66. The Labute approximate surface area is 214 Å². The third-order valence-electron chi connectivity index (χ3n) is 7.31. The molecule has 0 N–H and O–H groups in total. The van der Waals surface area contributed by atoms with Gasteiger partial charge in [-0.2, -0.15) is 0 Å². The van der Waals surface area contributed by atoms with E-state index in [0.717, 1.165) is 53.9 Å². The van der Waals surface area contributed by atoms with Crippen LogP contribution in [0.3, 0.4) is 0 Å². The molecule has 3 nitrogen and oxygen atoms in total. The summed E-state index contributed by atoms with van der Waals surface area (Å²) in [7, 11) is 0. The minimum atomic E-state index is -0.891. The van der Waals surface area contributed by atoms with Gasteiger partial charge in [0.25, 0.3) is 0 Å². The molecule has 1 saturated heterocycles. The summed E-state index contributed by atoms with van der Waals surface area (Å²) in [4.78, 5) is 2.17. The largest absolute Gasteiger partial charge is 0.492 e. The van der Waals surface area contributed by atoms with E-state index in [1.165, 1.54) is 6.07 Å². The highest BCUT2D eigenvalue weighted by molar-refractivity contribution is 5.96. The zero-order valence-electron chi connectivity index (χ0n) is 20.5. The molecule has 0 amide bonds. The van der Waals surface area contributed by atoms with E-state index in [9.17, 15) is 8.78 Å². The molecule has 1 radical (unpaired) electrons. The van der Waals surface area contributed by atoms with E-state index in [2.05, 4.69) is 4.90 Å². The molecule has 189 valence electrons. The number of benzene rings is 3. The number of hydrogen-bond donors (Lipinski definition) is 0. The maximum atomic E-state index is 15.1. The molecule has 3 aromatic rings. The van der Waals surface area contributed by atoms with Gasteiger partial charge in [-0.1, -0.05) is 42.5 Å². The van der Waals surface area contributed by atoms with E-state index in [1.54, 1.807) is 6.07 Å². The molecular formula is C31H27F3NO2. The van der Waals surface area contributed by atoms with Crippen LogP contribution < -0.4 is 9.47 Å². The SMILES string of the molecule is CC1=C(c2cccc(F)c2F)C(c2ccc(OCCN3CC(CF)C3)cc2)Oc2ccc([C]3C=C3)cc21. The third-order valence-corrected chi connectivity index (χ3v) is 7.31. The summed E-state index contributed by atoms with van der Waals surface area (Å²) >= 11 is 0. The highest BCUT2D eigenvalue weighted by Crippen LogP contribution is 2.48. The van der Waals surface area contributed by atoms with Crippen LogP contribution in [0.2, 0.25) is 0 Å². The van der Waals surface area contributed by atoms with E-state index >= 15 is 4.39 Å². The lowest BCUT2D eigenvalue weighted by molar-refractivity contribution is 0.0668. The first kappa shape index (κ1) is 23.9. The summed E-state index contributed by atoms with van der Waals surface area (Å²) in [5, 5.41) is 0. The highest BCUT2D eigenvalue weighted by atomic mass is 19.2. The van der Waals surface area contributed by atoms with Gasteiger partial charge in [0.2, 0.25) is 0 Å². The van der Waals surface area contributed by atoms with Gasteiger partial charge in [-0.05, 0) is 54.0 Å². The Hall–Kier alpha value is -3.51. The summed E-state index contributed by atoms with van der Waals surface area (Å²) in [5.41, 5.74) is 4.39. The van der Waals surface area contributed by atoms with Gasteiger partial charge in [0, 0.05) is 48.2 Å². The lowest BCUT2D eigenvalue weighted by atomic mass is 9.85. The Morgan fingerprint density at radius 1 is 0.973 bits per heavy atom. The van der Waals surface area contributed by atoms with Crippen LogP contribution in [0.25, 0.3) is 11.1 Å². The lowest BCUT2D eigenvalue weighted by Crippen LogP contribution is -2.49. The van der Waals surface area contributed by atoms with Crippen LogP contribution in [-0.4, -0.2) is 37.8 Å². The molecule has 2 aliphatic heterocycles. The number of ether oxygens (including phenoxy) is 2. The fourth-order valence-corrected chi connectivity index (χ4v) is 5.15. The zero-order chi connectivity index (χ0) is 25.5. The number of allylic oxidation sites excluding steroid dienone is 3. The number of nitrogens with zero attached hydrogens (tertiary/aromatic N) is 1. The predicted octanol–water partition coefficient (Wildman–Crippen LogP) is 6.80. The Bertz CT molecular complexity index is 1370.